The van der Waals surface area contributed by atoms with Crippen LogP contribution >= 0.6 is 0 Å². The molecule has 0 aliphatic rings. The Hall–Kier alpha value is -2.08. The Morgan fingerprint density at radius 1 is 1.18 bits per heavy atom. The molecule has 0 bridgehead atoms. The summed E-state index contributed by atoms with van der Waals surface area (Å²) in [6.45, 7) is 4.82. The minimum Gasteiger partial charge on any atom is -0.385 e. The number of hydrogen-bond acceptors (Lipinski definition) is 3. The highest BCUT2D eigenvalue weighted by Gasteiger charge is 2.02. The lowest BCUT2D eigenvalue weighted by molar-refractivity contribution is -0.119. The van der Waals surface area contributed by atoms with Crippen LogP contribution in [0.3, 0.4) is 0 Å². The van der Waals surface area contributed by atoms with Crippen LogP contribution in [0, 0.1) is 0 Å². The van der Waals surface area contributed by atoms with Crippen molar-refractivity contribution in [3.8, 4) is 0 Å². The zero-order valence-electron chi connectivity index (χ0n) is 13.4. The van der Waals surface area contributed by atoms with E-state index in [1.165, 1.54) is 0 Å². The predicted molar refractivity (Wildman–Crippen MR) is 88.8 cm³/mol. The van der Waals surface area contributed by atoms with Crippen LogP contribution in [0.25, 0.3) is 0 Å². The number of nitrogens with zero attached hydrogens (tertiary/aromatic N) is 1. The first-order chi connectivity index (χ1) is 10.8. The van der Waals surface area contributed by atoms with Gasteiger partial charge in [-0.15, -0.1) is 0 Å². The van der Waals surface area contributed by atoms with E-state index in [2.05, 4.69) is 20.9 Å². The fourth-order valence-corrected chi connectivity index (χ4v) is 1.77. The number of benzene rings is 1. The molecule has 0 aliphatic carbocycles. The van der Waals surface area contributed by atoms with Crippen LogP contribution in [0.2, 0.25) is 0 Å². The van der Waals surface area contributed by atoms with Crippen molar-refractivity contribution in [1.82, 2.24) is 16.0 Å². The van der Waals surface area contributed by atoms with Gasteiger partial charge in [-0.1, -0.05) is 30.3 Å². The number of ether oxygens (including phenoxy) is 1. The van der Waals surface area contributed by atoms with Gasteiger partial charge in [0.1, 0.15) is 6.54 Å². The van der Waals surface area contributed by atoms with E-state index in [-0.39, 0.29) is 12.5 Å². The maximum Gasteiger partial charge on any atom is 0.242 e. The first-order valence-electron chi connectivity index (χ1n) is 7.58. The van der Waals surface area contributed by atoms with Crippen molar-refractivity contribution in [3.05, 3.63) is 35.9 Å². The Morgan fingerprint density at radius 3 is 2.64 bits per heavy atom. The fourth-order valence-electron chi connectivity index (χ4n) is 1.77. The molecule has 1 amide bonds. The normalized spacial score (nSPS) is 11.1. The minimum absolute atomic E-state index is 0.0991. The maximum atomic E-state index is 11.8. The number of nitrogens with one attached hydrogen (secondary N) is 3. The molecule has 0 spiro atoms. The molecule has 0 heterocycles. The molecule has 0 atom stereocenters. The highest BCUT2D eigenvalue weighted by Crippen LogP contribution is 1.96. The topological polar surface area (TPSA) is 74.8 Å². The van der Waals surface area contributed by atoms with Gasteiger partial charge in [0.15, 0.2) is 5.96 Å². The van der Waals surface area contributed by atoms with Crippen LogP contribution in [0.1, 0.15) is 18.9 Å². The first kappa shape index (κ1) is 18.0. The van der Waals surface area contributed by atoms with Gasteiger partial charge in [-0.05, 0) is 18.9 Å². The molecular formula is C16H26N4O2. The van der Waals surface area contributed by atoms with E-state index in [0.29, 0.717) is 19.1 Å². The number of aliphatic imine (C=N–C) groups is 1. The SMILES string of the molecule is CCNC(=NCC(=O)NCc1ccccc1)NCCCOC. The number of hydrogen-bond donors (Lipinski definition) is 3. The Bertz CT molecular complexity index is 449. The van der Waals surface area contributed by atoms with Crippen molar-refractivity contribution in [1.29, 1.82) is 0 Å². The molecule has 0 saturated carbocycles. The van der Waals surface area contributed by atoms with Gasteiger partial charge in [-0.2, -0.15) is 0 Å². The second kappa shape index (κ2) is 11.6. The largest absolute Gasteiger partial charge is 0.385 e. The van der Waals surface area contributed by atoms with Gasteiger partial charge in [0.2, 0.25) is 5.91 Å². The highest BCUT2D eigenvalue weighted by molar-refractivity contribution is 5.84. The monoisotopic (exact) mass is 306 g/mol. The van der Waals surface area contributed by atoms with Gasteiger partial charge in [0.25, 0.3) is 0 Å². The molecule has 0 aliphatic heterocycles. The van der Waals surface area contributed by atoms with Crippen LogP contribution in [0.15, 0.2) is 35.3 Å². The summed E-state index contributed by atoms with van der Waals surface area (Å²) in [7, 11) is 1.68. The summed E-state index contributed by atoms with van der Waals surface area (Å²) in [5.41, 5.74) is 1.07. The second-order valence-corrected chi connectivity index (χ2v) is 4.73. The molecule has 0 unspecified atom stereocenters. The molecule has 0 fully saturated rings. The quantitative estimate of drug-likeness (QED) is 0.360. The van der Waals surface area contributed by atoms with Crippen LogP contribution in [0.5, 0.6) is 0 Å². The van der Waals surface area contributed by atoms with E-state index in [4.69, 9.17) is 4.74 Å². The Morgan fingerprint density at radius 2 is 1.95 bits per heavy atom. The number of amides is 1. The molecule has 1 aromatic carbocycles. The summed E-state index contributed by atoms with van der Waals surface area (Å²) in [4.78, 5) is 16.1. The summed E-state index contributed by atoms with van der Waals surface area (Å²) in [5, 5.41) is 9.12. The van der Waals surface area contributed by atoms with E-state index >= 15 is 0 Å². The fraction of sp³-hybridized carbons (Fsp3) is 0.500. The zero-order chi connectivity index (χ0) is 16.0. The third-order valence-electron chi connectivity index (χ3n) is 2.88. The van der Waals surface area contributed by atoms with Crippen LogP contribution < -0.4 is 16.0 Å². The van der Waals surface area contributed by atoms with Gasteiger partial charge in [0, 0.05) is 33.4 Å². The molecular weight excluding hydrogens is 280 g/mol. The third-order valence-corrected chi connectivity index (χ3v) is 2.88. The summed E-state index contributed by atoms with van der Waals surface area (Å²) >= 11 is 0. The molecule has 6 nitrogen and oxygen atoms in total. The molecule has 0 radical (unpaired) electrons. The summed E-state index contributed by atoms with van der Waals surface area (Å²) in [5.74, 6) is 0.548. The average Bonchev–Trinajstić information content (AvgIpc) is 2.55. The van der Waals surface area contributed by atoms with Gasteiger partial charge < -0.3 is 20.7 Å². The molecule has 0 aromatic heterocycles. The lowest BCUT2D eigenvalue weighted by Gasteiger charge is -2.11. The smallest absolute Gasteiger partial charge is 0.242 e. The van der Waals surface area contributed by atoms with E-state index in [1.807, 2.05) is 37.3 Å². The molecule has 1 aromatic rings. The zero-order valence-corrected chi connectivity index (χ0v) is 13.4. The Kier molecular flexibility index (Phi) is 9.45. The van der Waals surface area contributed by atoms with Crippen molar-refractivity contribution in [2.24, 2.45) is 4.99 Å². The number of guanidine groups is 1. The van der Waals surface area contributed by atoms with E-state index in [9.17, 15) is 4.79 Å². The molecule has 1 rings (SSSR count). The van der Waals surface area contributed by atoms with Crippen molar-refractivity contribution in [2.75, 3.05) is 33.4 Å². The number of carbonyl (C=O) groups excluding carboxylic acids is 1. The summed E-state index contributed by atoms with van der Waals surface area (Å²) in [6.07, 6.45) is 0.890. The minimum atomic E-state index is -0.0991. The Balaban J connectivity index is 2.32. The number of methoxy groups -OCH3 is 1. The maximum absolute atomic E-state index is 11.8. The lowest BCUT2D eigenvalue weighted by Crippen LogP contribution is -2.39. The predicted octanol–water partition coefficient (Wildman–Crippen LogP) is 0.894. The van der Waals surface area contributed by atoms with Gasteiger partial charge in [-0.25, -0.2) is 4.99 Å². The van der Waals surface area contributed by atoms with Crippen LogP contribution in [-0.4, -0.2) is 45.2 Å². The molecule has 6 heteroatoms. The molecule has 122 valence electrons. The summed E-state index contributed by atoms with van der Waals surface area (Å²) in [6, 6.07) is 9.81. The van der Waals surface area contributed by atoms with Gasteiger partial charge in [0.05, 0.1) is 0 Å². The first-order valence-corrected chi connectivity index (χ1v) is 7.58. The van der Waals surface area contributed by atoms with Crippen LogP contribution in [0.4, 0.5) is 0 Å². The Labute approximate surface area is 132 Å². The van der Waals surface area contributed by atoms with E-state index < -0.39 is 0 Å². The molecule has 22 heavy (non-hydrogen) atoms. The third kappa shape index (κ3) is 8.26. The van der Waals surface area contributed by atoms with Crippen molar-refractivity contribution in [2.45, 2.75) is 19.9 Å². The average molecular weight is 306 g/mol. The van der Waals surface area contributed by atoms with Gasteiger partial charge >= 0.3 is 0 Å². The van der Waals surface area contributed by atoms with Gasteiger partial charge in [-0.3, -0.25) is 4.79 Å². The highest BCUT2D eigenvalue weighted by atomic mass is 16.5. The van der Waals surface area contributed by atoms with E-state index in [1.54, 1.807) is 7.11 Å². The lowest BCUT2D eigenvalue weighted by atomic mass is 10.2. The van der Waals surface area contributed by atoms with Crippen molar-refractivity contribution >= 4 is 11.9 Å². The molecule has 3 N–H and O–H groups in total. The summed E-state index contributed by atoms with van der Waals surface area (Å²) < 4.78 is 4.99. The molecule has 0 saturated heterocycles. The number of rotatable bonds is 9. The van der Waals surface area contributed by atoms with E-state index in [0.717, 1.165) is 25.1 Å². The van der Waals surface area contributed by atoms with Crippen molar-refractivity contribution in [3.63, 3.8) is 0 Å². The van der Waals surface area contributed by atoms with Crippen molar-refractivity contribution < 1.29 is 9.53 Å². The number of carbonyl (C=O) groups is 1. The second-order valence-electron chi connectivity index (χ2n) is 4.73. The standard InChI is InChI=1S/C16H26N4O2/c1-3-17-16(18-10-7-11-22-2)20-13-15(21)19-12-14-8-5-4-6-9-14/h4-6,8-9H,3,7,10-13H2,1-2H3,(H,19,21)(H2,17,18,20). The van der Waals surface area contributed by atoms with Crippen LogP contribution in [-0.2, 0) is 16.1 Å².